The van der Waals surface area contributed by atoms with Crippen molar-refractivity contribution in [2.45, 2.75) is 18.4 Å². The summed E-state index contributed by atoms with van der Waals surface area (Å²) < 4.78 is 44.7. The molecule has 0 fully saturated rings. The van der Waals surface area contributed by atoms with Crippen LogP contribution in [-0.4, -0.2) is 13.5 Å². The van der Waals surface area contributed by atoms with Gasteiger partial charge in [0.05, 0.1) is 10.7 Å². The van der Waals surface area contributed by atoms with Crippen LogP contribution >= 0.6 is 11.6 Å². The summed E-state index contributed by atoms with van der Waals surface area (Å²) in [6.07, 6.45) is 0. The van der Waals surface area contributed by atoms with Crippen LogP contribution in [0.15, 0.2) is 33.6 Å². The van der Waals surface area contributed by atoms with Gasteiger partial charge in [-0.1, -0.05) is 11.6 Å². The molecular formula is C12H11ClFNO4S. The van der Waals surface area contributed by atoms with E-state index >= 15 is 0 Å². The molecule has 0 aliphatic carbocycles. The van der Waals surface area contributed by atoms with Crippen LogP contribution in [0.1, 0.15) is 11.5 Å². The molecule has 0 atom stereocenters. The molecule has 0 radical (unpaired) electrons. The third-order valence-electron chi connectivity index (χ3n) is 2.54. The molecule has 1 aromatic carbocycles. The molecule has 0 saturated carbocycles. The number of sulfonamides is 1. The van der Waals surface area contributed by atoms with Crippen LogP contribution in [0.3, 0.4) is 0 Å². The minimum atomic E-state index is -3.90. The van der Waals surface area contributed by atoms with Crippen LogP contribution in [0, 0.1) is 12.7 Å². The van der Waals surface area contributed by atoms with Crippen LogP contribution in [0.4, 0.5) is 10.1 Å². The molecule has 8 heteroatoms. The molecule has 0 saturated heterocycles. The summed E-state index contributed by atoms with van der Waals surface area (Å²) in [5, 5.41) is 8.74. The monoisotopic (exact) mass is 319 g/mol. The van der Waals surface area contributed by atoms with Gasteiger partial charge in [-0.05, 0) is 25.1 Å². The van der Waals surface area contributed by atoms with Gasteiger partial charge in [-0.15, -0.1) is 0 Å². The van der Waals surface area contributed by atoms with E-state index < -0.39 is 22.4 Å². The predicted octanol–water partition coefficient (Wildman–Crippen LogP) is 2.67. The molecule has 20 heavy (non-hydrogen) atoms. The zero-order valence-electron chi connectivity index (χ0n) is 10.4. The summed E-state index contributed by atoms with van der Waals surface area (Å²) >= 11 is 5.59. The topological polar surface area (TPSA) is 79.5 Å². The summed E-state index contributed by atoms with van der Waals surface area (Å²) in [4.78, 5) is -0.0954. The maximum Gasteiger partial charge on any atom is 0.265 e. The SMILES string of the molecule is Cc1oc(CO)cc1S(=O)(=O)Nc1ccc(F)c(Cl)c1. The fourth-order valence-corrected chi connectivity index (χ4v) is 3.07. The van der Waals surface area contributed by atoms with Crippen molar-refractivity contribution in [1.82, 2.24) is 0 Å². The van der Waals surface area contributed by atoms with E-state index in [1.165, 1.54) is 19.1 Å². The van der Waals surface area contributed by atoms with Crippen molar-refractivity contribution in [1.29, 1.82) is 0 Å². The van der Waals surface area contributed by atoms with Crippen LogP contribution < -0.4 is 4.72 Å². The Balaban J connectivity index is 2.35. The first-order valence-electron chi connectivity index (χ1n) is 5.51. The smallest absolute Gasteiger partial charge is 0.265 e. The van der Waals surface area contributed by atoms with Crippen LogP contribution in [-0.2, 0) is 16.6 Å². The quantitative estimate of drug-likeness (QED) is 0.908. The molecule has 2 N–H and O–H groups in total. The van der Waals surface area contributed by atoms with E-state index in [1.807, 2.05) is 0 Å². The summed E-state index contributed by atoms with van der Waals surface area (Å²) in [6, 6.07) is 4.70. The average Bonchev–Trinajstić information content (AvgIpc) is 2.76. The lowest BCUT2D eigenvalue weighted by molar-refractivity contribution is 0.245. The first-order valence-corrected chi connectivity index (χ1v) is 7.37. The molecular weight excluding hydrogens is 309 g/mol. The van der Waals surface area contributed by atoms with E-state index in [-0.39, 0.29) is 27.1 Å². The van der Waals surface area contributed by atoms with Gasteiger partial charge >= 0.3 is 0 Å². The fraction of sp³-hybridized carbons (Fsp3) is 0.167. The molecule has 1 aromatic heterocycles. The molecule has 2 aromatic rings. The second-order valence-corrected chi connectivity index (χ2v) is 6.08. The number of hydrogen-bond acceptors (Lipinski definition) is 4. The van der Waals surface area contributed by atoms with E-state index in [0.29, 0.717) is 0 Å². The Bertz CT molecular complexity index is 742. The van der Waals surface area contributed by atoms with Gasteiger partial charge in [0.1, 0.15) is 28.8 Å². The lowest BCUT2D eigenvalue weighted by Crippen LogP contribution is -2.13. The number of aryl methyl sites for hydroxylation is 1. The summed E-state index contributed by atoms with van der Waals surface area (Å²) in [6.45, 7) is 1.06. The van der Waals surface area contributed by atoms with E-state index in [1.54, 1.807) is 0 Å². The summed E-state index contributed by atoms with van der Waals surface area (Å²) in [5.41, 5.74) is 0.127. The van der Waals surface area contributed by atoms with Crippen molar-refractivity contribution in [3.8, 4) is 0 Å². The molecule has 5 nitrogen and oxygen atoms in total. The molecule has 0 amide bonds. The van der Waals surface area contributed by atoms with E-state index in [4.69, 9.17) is 21.1 Å². The van der Waals surface area contributed by atoms with Crippen LogP contribution in [0.25, 0.3) is 0 Å². The van der Waals surface area contributed by atoms with E-state index in [2.05, 4.69) is 4.72 Å². The third-order valence-corrected chi connectivity index (χ3v) is 4.32. The number of hydrogen-bond donors (Lipinski definition) is 2. The molecule has 0 aliphatic rings. The van der Waals surface area contributed by atoms with E-state index in [0.717, 1.165) is 12.1 Å². The predicted molar refractivity (Wildman–Crippen MR) is 71.6 cm³/mol. The second-order valence-electron chi connectivity index (χ2n) is 4.03. The standard InChI is InChI=1S/C12H11ClFNO4S/c1-7-12(5-9(6-16)19-7)20(17,18)15-8-2-3-11(14)10(13)4-8/h2-5,15-16H,6H2,1H3. The molecule has 0 spiro atoms. The zero-order chi connectivity index (χ0) is 14.9. The minimum absolute atomic E-state index is 0.0954. The highest BCUT2D eigenvalue weighted by Crippen LogP contribution is 2.25. The third kappa shape index (κ3) is 2.95. The normalized spacial score (nSPS) is 11.6. The van der Waals surface area contributed by atoms with Gasteiger partial charge in [-0.25, -0.2) is 12.8 Å². The Labute approximate surface area is 120 Å². The van der Waals surface area contributed by atoms with Crippen LogP contribution in [0.5, 0.6) is 0 Å². The van der Waals surface area contributed by atoms with Gasteiger partial charge in [-0.2, -0.15) is 0 Å². The number of furan rings is 1. The molecule has 0 bridgehead atoms. The lowest BCUT2D eigenvalue weighted by atomic mass is 10.3. The van der Waals surface area contributed by atoms with Gasteiger partial charge in [0.2, 0.25) is 0 Å². The second kappa shape index (κ2) is 5.43. The molecule has 2 rings (SSSR count). The lowest BCUT2D eigenvalue weighted by Gasteiger charge is -2.07. The molecule has 0 aliphatic heterocycles. The number of nitrogens with one attached hydrogen (secondary N) is 1. The fourth-order valence-electron chi connectivity index (χ4n) is 1.64. The first kappa shape index (κ1) is 14.8. The van der Waals surface area contributed by atoms with Crippen LogP contribution in [0.2, 0.25) is 5.02 Å². The van der Waals surface area contributed by atoms with E-state index in [9.17, 15) is 12.8 Å². The molecule has 108 valence electrons. The maximum atomic E-state index is 13.0. The Hall–Kier alpha value is -1.57. The Morgan fingerprint density at radius 3 is 2.65 bits per heavy atom. The Morgan fingerprint density at radius 1 is 1.40 bits per heavy atom. The van der Waals surface area contributed by atoms with Crippen molar-refractivity contribution in [2.24, 2.45) is 0 Å². The number of aliphatic hydroxyl groups is 1. The minimum Gasteiger partial charge on any atom is -0.462 e. The zero-order valence-corrected chi connectivity index (χ0v) is 11.9. The van der Waals surface area contributed by atoms with Gasteiger partial charge < -0.3 is 9.52 Å². The highest BCUT2D eigenvalue weighted by atomic mass is 35.5. The number of rotatable bonds is 4. The van der Waals surface area contributed by atoms with Crippen molar-refractivity contribution in [2.75, 3.05) is 4.72 Å². The largest absolute Gasteiger partial charge is 0.462 e. The average molecular weight is 320 g/mol. The number of anilines is 1. The van der Waals surface area contributed by atoms with Gasteiger partial charge in [-0.3, -0.25) is 4.72 Å². The molecule has 0 unspecified atom stereocenters. The van der Waals surface area contributed by atoms with Crippen molar-refractivity contribution >= 4 is 27.3 Å². The number of halogens is 2. The summed E-state index contributed by atoms with van der Waals surface area (Å²) in [5.74, 6) is -0.355. The van der Waals surface area contributed by atoms with Gasteiger partial charge in [0, 0.05) is 6.07 Å². The Morgan fingerprint density at radius 2 is 2.10 bits per heavy atom. The Kier molecular flexibility index (Phi) is 4.03. The van der Waals surface area contributed by atoms with Crippen molar-refractivity contribution < 1.29 is 22.3 Å². The highest BCUT2D eigenvalue weighted by Gasteiger charge is 2.21. The van der Waals surface area contributed by atoms with Crippen molar-refractivity contribution in [3.05, 3.63) is 46.6 Å². The number of aliphatic hydroxyl groups excluding tert-OH is 1. The maximum absolute atomic E-state index is 13.0. The molecule has 1 heterocycles. The highest BCUT2D eigenvalue weighted by molar-refractivity contribution is 7.92. The van der Waals surface area contributed by atoms with Gasteiger partial charge in [0.15, 0.2) is 0 Å². The summed E-state index contributed by atoms with van der Waals surface area (Å²) in [7, 11) is -3.90. The van der Waals surface area contributed by atoms with Crippen molar-refractivity contribution in [3.63, 3.8) is 0 Å². The van der Waals surface area contributed by atoms with Gasteiger partial charge in [0.25, 0.3) is 10.0 Å². The number of benzene rings is 1. The first-order chi connectivity index (χ1) is 9.33.